The summed E-state index contributed by atoms with van der Waals surface area (Å²) in [6, 6.07) is 0. The third-order valence-corrected chi connectivity index (χ3v) is 5.88. The van der Waals surface area contributed by atoms with E-state index in [2.05, 4.69) is 4.98 Å². The van der Waals surface area contributed by atoms with Crippen LogP contribution in [0.4, 0.5) is 0 Å². The summed E-state index contributed by atoms with van der Waals surface area (Å²) in [5, 5.41) is 0.561. The lowest BCUT2D eigenvalue weighted by molar-refractivity contribution is -0.147. The Morgan fingerprint density at radius 3 is 2.56 bits per heavy atom. The minimum absolute atomic E-state index is 0.0226. The Balaban J connectivity index is 1.85. The molecule has 0 aromatic carbocycles. The monoisotopic (exact) mass is 394 g/mol. The van der Waals surface area contributed by atoms with Crippen LogP contribution in [-0.4, -0.2) is 36.5 Å². The molecule has 2 heterocycles. The number of nitrogens with zero attached hydrogens (tertiary/aromatic N) is 4. The fourth-order valence-electron chi connectivity index (χ4n) is 3.49. The van der Waals surface area contributed by atoms with Gasteiger partial charge in [0.05, 0.1) is 5.75 Å². The summed E-state index contributed by atoms with van der Waals surface area (Å²) < 4.78 is 9.81. The van der Waals surface area contributed by atoms with Gasteiger partial charge in [-0.1, -0.05) is 25.1 Å². The molecule has 1 aliphatic carbocycles. The molecule has 148 valence electrons. The van der Waals surface area contributed by atoms with Gasteiger partial charge in [-0.15, -0.1) is 0 Å². The van der Waals surface area contributed by atoms with Gasteiger partial charge in [0.2, 0.25) is 0 Å². The summed E-state index contributed by atoms with van der Waals surface area (Å²) in [6.45, 7) is 2.59. The second-order valence-corrected chi connectivity index (χ2v) is 7.91. The highest BCUT2D eigenvalue weighted by molar-refractivity contribution is 7.99. The quantitative estimate of drug-likeness (QED) is 0.548. The summed E-state index contributed by atoms with van der Waals surface area (Å²) in [5.74, 6) is -0.124. The van der Waals surface area contributed by atoms with Gasteiger partial charge in [-0.05, 0) is 32.1 Å². The number of aromatic nitrogens is 4. The number of esters is 1. The number of fused-ring (bicyclic) bond motifs is 1. The first-order valence-corrected chi connectivity index (χ1v) is 10.4. The molecular weight excluding hydrogens is 368 g/mol. The van der Waals surface area contributed by atoms with Gasteiger partial charge < -0.3 is 9.30 Å². The van der Waals surface area contributed by atoms with Crippen LogP contribution in [0, 0.1) is 0 Å². The lowest BCUT2D eigenvalue weighted by Gasteiger charge is -2.21. The molecule has 0 N–H and O–H groups in total. The van der Waals surface area contributed by atoms with Crippen LogP contribution in [0.2, 0.25) is 0 Å². The SMILES string of the molecule is CCCn1c(SCC(=O)OC2CCCCC2)nc2c1c(=O)n(C)c(=O)n2C. The van der Waals surface area contributed by atoms with Crippen LogP contribution < -0.4 is 11.2 Å². The van der Waals surface area contributed by atoms with Crippen LogP contribution in [0.5, 0.6) is 0 Å². The number of rotatable bonds is 6. The second-order valence-electron chi connectivity index (χ2n) is 6.96. The van der Waals surface area contributed by atoms with Crippen molar-refractivity contribution in [3.05, 3.63) is 20.8 Å². The minimum atomic E-state index is -0.415. The van der Waals surface area contributed by atoms with Crippen molar-refractivity contribution < 1.29 is 9.53 Å². The van der Waals surface area contributed by atoms with Crippen LogP contribution in [-0.2, 0) is 30.2 Å². The van der Waals surface area contributed by atoms with Crippen molar-refractivity contribution in [1.82, 2.24) is 18.7 Å². The van der Waals surface area contributed by atoms with E-state index in [1.54, 1.807) is 11.6 Å². The normalized spacial score (nSPS) is 15.4. The molecule has 9 heteroatoms. The van der Waals surface area contributed by atoms with Crippen molar-refractivity contribution in [2.24, 2.45) is 14.1 Å². The van der Waals surface area contributed by atoms with E-state index >= 15 is 0 Å². The molecule has 0 aliphatic heterocycles. The number of carbonyl (C=O) groups excluding carboxylic acids is 1. The number of ether oxygens (including phenoxy) is 1. The molecule has 2 aromatic rings. The Morgan fingerprint density at radius 2 is 1.89 bits per heavy atom. The van der Waals surface area contributed by atoms with Gasteiger partial charge in [0.15, 0.2) is 16.3 Å². The number of thioether (sulfide) groups is 1. The zero-order valence-corrected chi connectivity index (χ0v) is 16.9. The van der Waals surface area contributed by atoms with E-state index in [9.17, 15) is 14.4 Å². The Kier molecular flexibility index (Phi) is 6.08. The maximum absolute atomic E-state index is 12.6. The van der Waals surface area contributed by atoms with E-state index in [1.807, 2.05) is 6.92 Å². The number of imidazole rings is 1. The molecule has 27 heavy (non-hydrogen) atoms. The third kappa shape index (κ3) is 3.97. The first kappa shape index (κ1) is 19.7. The predicted octanol–water partition coefficient (Wildman–Crippen LogP) is 1.81. The molecule has 0 spiro atoms. The molecule has 0 saturated heterocycles. The predicted molar refractivity (Wildman–Crippen MR) is 104 cm³/mol. The molecule has 0 unspecified atom stereocenters. The van der Waals surface area contributed by atoms with Crippen LogP contribution in [0.1, 0.15) is 45.4 Å². The van der Waals surface area contributed by atoms with Crippen LogP contribution >= 0.6 is 11.8 Å². The Bertz CT molecular complexity index is 953. The van der Waals surface area contributed by atoms with E-state index < -0.39 is 5.69 Å². The fraction of sp³-hybridized carbons (Fsp3) is 0.667. The van der Waals surface area contributed by atoms with Crippen molar-refractivity contribution in [2.45, 2.75) is 63.3 Å². The van der Waals surface area contributed by atoms with Crippen LogP contribution in [0.15, 0.2) is 14.7 Å². The van der Waals surface area contributed by atoms with Crippen molar-refractivity contribution in [3.63, 3.8) is 0 Å². The van der Waals surface area contributed by atoms with Crippen molar-refractivity contribution in [2.75, 3.05) is 5.75 Å². The molecule has 0 bridgehead atoms. The van der Waals surface area contributed by atoms with Gasteiger partial charge in [0.25, 0.3) is 5.56 Å². The van der Waals surface area contributed by atoms with E-state index in [0.717, 1.165) is 36.7 Å². The Morgan fingerprint density at radius 1 is 1.19 bits per heavy atom. The number of hydrogen-bond acceptors (Lipinski definition) is 6. The van der Waals surface area contributed by atoms with Crippen molar-refractivity contribution >= 4 is 28.9 Å². The summed E-state index contributed by atoms with van der Waals surface area (Å²) in [7, 11) is 3.06. The third-order valence-electron chi connectivity index (χ3n) is 4.93. The van der Waals surface area contributed by atoms with Crippen LogP contribution in [0.25, 0.3) is 11.2 Å². The molecule has 2 aromatic heterocycles. The number of carbonyl (C=O) groups is 1. The molecule has 1 saturated carbocycles. The maximum Gasteiger partial charge on any atom is 0.332 e. The first-order valence-electron chi connectivity index (χ1n) is 9.42. The molecule has 0 radical (unpaired) electrons. The Hall–Kier alpha value is -2.03. The average Bonchev–Trinajstić information content (AvgIpc) is 3.03. The van der Waals surface area contributed by atoms with Crippen molar-refractivity contribution in [3.8, 4) is 0 Å². The molecule has 0 atom stereocenters. The smallest absolute Gasteiger partial charge is 0.332 e. The highest BCUT2D eigenvalue weighted by Gasteiger charge is 2.21. The molecule has 3 rings (SSSR count). The molecule has 1 fully saturated rings. The summed E-state index contributed by atoms with van der Waals surface area (Å²) >= 11 is 1.25. The topological polar surface area (TPSA) is 88.1 Å². The van der Waals surface area contributed by atoms with Crippen molar-refractivity contribution in [1.29, 1.82) is 0 Å². The zero-order valence-electron chi connectivity index (χ0n) is 16.1. The van der Waals surface area contributed by atoms with E-state index in [0.29, 0.717) is 22.9 Å². The van der Waals surface area contributed by atoms with Gasteiger partial charge in [-0.3, -0.25) is 18.7 Å². The maximum atomic E-state index is 12.6. The van der Waals surface area contributed by atoms with Gasteiger partial charge in [0.1, 0.15) is 6.10 Å². The lowest BCUT2D eigenvalue weighted by atomic mass is 9.98. The van der Waals surface area contributed by atoms with Gasteiger partial charge in [-0.2, -0.15) is 0 Å². The zero-order chi connectivity index (χ0) is 19.6. The molecule has 8 nitrogen and oxygen atoms in total. The van der Waals surface area contributed by atoms with E-state index in [4.69, 9.17) is 4.74 Å². The fourth-order valence-corrected chi connectivity index (χ4v) is 4.30. The molecule has 0 amide bonds. The molecular formula is C18H26N4O4S. The summed E-state index contributed by atoms with van der Waals surface area (Å²) in [6.07, 6.45) is 6.11. The molecule has 1 aliphatic rings. The average molecular weight is 394 g/mol. The lowest BCUT2D eigenvalue weighted by Crippen LogP contribution is -2.37. The first-order chi connectivity index (χ1) is 12.9. The summed E-state index contributed by atoms with van der Waals surface area (Å²) in [5.41, 5.74) is -0.0446. The van der Waals surface area contributed by atoms with Gasteiger partial charge >= 0.3 is 11.7 Å². The van der Waals surface area contributed by atoms with Gasteiger partial charge in [-0.25, -0.2) is 9.78 Å². The number of hydrogen-bond donors (Lipinski definition) is 0. The van der Waals surface area contributed by atoms with Crippen LogP contribution in [0.3, 0.4) is 0 Å². The largest absolute Gasteiger partial charge is 0.462 e. The van der Waals surface area contributed by atoms with E-state index in [-0.39, 0.29) is 23.4 Å². The standard InChI is InChI=1S/C18H26N4O4S/c1-4-10-22-14-15(20(2)18(25)21(3)16(14)24)19-17(22)27-11-13(23)26-12-8-6-5-7-9-12/h12H,4-11H2,1-3H3. The van der Waals surface area contributed by atoms with E-state index in [1.165, 1.54) is 29.8 Å². The second kappa shape index (κ2) is 8.33. The van der Waals surface area contributed by atoms with Gasteiger partial charge in [0, 0.05) is 20.6 Å². The Labute approximate surface area is 161 Å². The highest BCUT2D eigenvalue weighted by Crippen LogP contribution is 2.24. The number of aryl methyl sites for hydroxylation is 2. The highest BCUT2D eigenvalue weighted by atomic mass is 32.2. The minimum Gasteiger partial charge on any atom is -0.462 e. The summed E-state index contributed by atoms with van der Waals surface area (Å²) in [4.78, 5) is 41.5.